The van der Waals surface area contributed by atoms with Crippen molar-refractivity contribution in [2.24, 2.45) is 5.92 Å². The van der Waals surface area contributed by atoms with Crippen LogP contribution >= 0.6 is 0 Å². The van der Waals surface area contributed by atoms with E-state index in [9.17, 15) is 13.2 Å². The first-order valence-corrected chi connectivity index (χ1v) is 11.5. The first-order chi connectivity index (χ1) is 13.6. The topological polar surface area (TPSA) is 79.6 Å². The molecule has 1 N–H and O–H groups in total. The maximum Gasteiger partial charge on any atom is 0.257 e. The second-order valence-corrected chi connectivity index (χ2v) is 9.76. The standard InChI is InChI=1S/C22H30N2O4S/c1-14-15(2)17(4)21(18(5)16(14)3)29(26,27)23-12-19-6-9-24(10-7-19)22(25)20-8-11-28-13-20/h8,11,13,19,23H,6-7,9-10,12H2,1-5H3. The summed E-state index contributed by atoms with van der Waals surface area (Å²) in [5.41, 5.74) is 5.39. The lowest BCUT2D eigenvalue weighted by Gasteiger charge is -2.32. The fraction of sp³-hybridized carbons (Fsp3) is 0.500. The molecule has 1 amide bonds. The van der Waals surface area contributed by atoms with Crippen LogP contribution in [0.4, 0.5) is 0 Å². The molecule has 7 heteroatoms. The van der Waals surface area contributed by atoms with Crippen LogP contribution in [0.25, 0.3) is 0 Å². The van der Waals surface area contributed by atoms with Gasteiger partial charge in [0.05, 0.1) is 16.7 Å². The van der Waals surface area contributed by atoms with E-state index in [0.29, 0.717) is 30.1 Å². The van der Waals surface area contributed by atoms with Crippen LogP contribution in [-0.4, -0.2) is 38.9 Å². The Labute approximate surface area is 173 Å². The molecule has 0 atom stereocenters. The third kappa shape index (κ3) is 4.26. The minimum atomic E-state index is -3.59. The highest BCUT2D eigenvalue weighted by Crippen LogP contribution is 2.29. The third-order valence-corrected chi connectivity index (χ3v) is 8.13. The molecule has 0 bridgehead atoms. The smallest absolute Gasteiger partial charge is 0.257 e. The highest BCUT2D eigenvalue weighted by atomic mass is 32.2. The zero-order valence-electron chi connectivity index (χ0n) is 17.8. The zero-order valence-corrected chi connectivity index (χ0v) is 18.6. The molecule has 1 aromatic heterocycles. The summed E-state index contributed by atoms with van der Waals surface area (Å²) in [7, 11) is -3.59. The molecule has 0 spiro atoms. The number of amides is 1. The molecule has 0 unspecified atom stereocenters. The molecule has 0 radical (unpaired) electrons. The number of piperidine rings is 1. The van der Waals surface area contributed by atoms with Crippen LogP contribution in [0.3, 0.4) is 0 Å². The number of furan rings is 1. The van der Waals surface area contributed by atoms with Crippen molar-refractivity contribution in [3.05, 3.63) is 52.0 Å². The van der Waals surface area contributed by atoms with Gasteiger partial charge in [0.1, 0.15) is 6.26 Å². The predicted molar refractivity (Wildman–Crippen MR) is 113 cm³/mol. The molecule has 1 fully saturated rings. The van der Waals surface area contributed by atoms with Gasteiger partial charge in [0, 0.05) is 19.6 Å². The van der Waals surface area contributed by atoms with Gasteiger partial charge in [-0.1, -0.05) is 0 Å². The normalized spacial score (nSPS) is 15.7. The number of carbonyl (C=O) groups excluding carboxylic acids is 1. The predicted octanol–water partition coefficient (Wildman–Crippen LogP) is 3.65. The lowest BCUT2D eigenvalue weighted by atomic mass is 9.95. The molecule has 0 saturated carbocycles. The van der Waals surface area contributed by atoms with Crippen molar-refractivity contribution < 1.29 is 17.6 Å². The number of hydrogen-bond acceptors (Lipinski definition) is 4. The number of rotatable bonds is 5. The third-order valence-electron chi connectivity index (χ3n) is 6.43. The largest absolute Gasteiger partial charge is 0.472 e. The van der Waals surface area contributed by atoms with E-state index in [1.54, 1.807) is 11.0 Å². The highest BCUT2D eigenvalue weighted by molar-refractivity contribution is 7.89. The molecule has 0 aliphatic carbocycles. The Kier molecular flexibility index (Phi) is 6.19. The van der Waals surface area contributed by atoms with Crippen molar-refractivity contribution in [1.29, 1.82) is 0 Å². The van der Waals surface area contributed by atoms with Crippen LogP contribution < -0.4 is 4.72 Å². The molecule has 1 aliphatic heterocycles. The molecule has 2 aromatic rings. The fourth-order valence-corrected chi connectivity index (χ4v) is 5.79. The Bertz CT molecular complexity index is 973. The Morgan fingerprint density at radius 1 is 1.03 bits per heavy atom. The fourth-order valence-electron chi connectivity index (χ4n) is 4.08. The van der Waals surface area contributed by atoms with E-state index < -0.39 is 10.0 Å². The van der Waals surface area contributed by atoms with Gasteiger partial charge in [-0.05, 0) is 87.3 Å². The monoisotopic (exact) mass is 418 g/mol. The van der Waals surface area contributed by atoms with Crippen LogP contribution in [0, 0.1) is 40.5 Å². The van der Waals surface area contributed by atoms with Crippen LogP contribution in [0.15, 0.2) is 27.9 Å². The number of nitrogens with zero attached hydrogens (tertiary/aromatic N) is 1. The van der Waals surface area contributed by atoms with E-state index in [4.69, 9.17) is 4.42 Å². The summed E-state index contributed by atoms with van der Waals surface area (Å²) < 4.78 is 34.0. The van der Waals surface area contributed by atoms with E-state index in [2.05, 4.69) is 4.72 Å². The van der Waals surface area contributed by atoms with Crippen molar-refractivity contribution >= 4 is 15.9 Å². The maximum atomic E-state index is 13.1. The van der Waals surface area contributed by atoms with Gasteiger partial charge in [-0.15, -0.1) is 0 Å². The SMILES string of the molecule is Cc1c(C)c(C)c(S(=O)(=O)NCC2CCN(C(=O)c3ccoc3)CC2)c(C)c1C. The first kappa shape index (κ1) is 21.6. The summed E-state index contributed by atoms with van der Waals surface area (Å²) >= 11 is 0. The number of sulfonamides is 1. The molecule has 6 nitrogen and oxygen atoms in total. The summed E-state index contributed by atoms with van der Waals surface area (Å²) in [6.07, 6.45) is 4.50. The Morgan fingerprint density at radius 2 is 1.59 bits per heavy atom. The molecule has 1 aromatic carbocycles. The van der Waals surface area contributed by atoms with Gasteiger partial charge >= 0.3 is 0 Å². The summed E-state index contributed by atoms with van der Waals surface area (Å²) in [6, 6.07) is 1.67. The molecule has 2 heterocycles. The van der Waals surface area contributed by atoms with Gasteiger partial charge < -0.3 is 9.32 Å². The number of likely N-dealkylation sites (tertiary alicyclic amines) is 1. The van der Waals surface area contributed by atoms with Gasteiger partial charge in [-0.3, -0.25) is 4.79 Å². The minimum Gasteiger partial charge on any atom is -0.472 e. The Balaban J connectivity index is 1.65. The Hall–Kier alpha value is -2.12. The van der Waals surface area contributed by atoms with Crippen molar-refractivity contribution in [2.75, 3.05) is 19.6 Å². The lowest BCUT2D eigenvalue weighted by molar-refractivity contribution is 0.0691. The van der Waals surface area contributed by atoms with Crippen LogP contribution in [-0.2, 0) is 10.0 Å². The van der Waals surface area contributed by atoms with Crippen LogP contribution in [0.5, 0.6) is 0 Å². The molecule has 1 aliphatic rings. The average molecular weight is 419 g/mol. The van der Waals surface area contributed by atoms with E-state index in [0.717, 1.165) is 40.7 Å². The van der Waals surface area contributed by atoms with Crippen molar-refractivity contribution in [2.45, 2.75) is 52.4 Å². The van der Waals surface area contributed by atoms with Gasteiger partial charge in [0.2, 0.25) is 10.0 Å². The Morgan fingerprint density at radius 3 is 2.10 bits per heavy atom. The highest BCUT2D eigenvalue weighted by Gasteiger charge is 2.27. The summed E-state index contributed by atoms with van der Waals surface area (Å²) in [6.45, 7) is 11.4. The molecular formula is C22H30N2O4S. The van der Waals surface area contributed by atoms with E-state index in [1.807, 2.05) is 34.6 Å². The average Bonchev–Trinajstić information content (AvgIpc) is 3.24. The summed E-state index contributed by atoms with van der Waals surface area (Å²) in [5.74, 6) is 0.182. The van der Waals surface area contributed by atoms with Crippen molar-refractivity contribution in [3.8, 4) is 0 Å². The number of hydrogen-bond donors (Lipinski definition) is 1. The second kappa shape index (κ2) is 8.32. The summed E-state index contributed by atoms with van der Waals surface area (Å²) in [5, 5.41) is 0. The quantitative estimate of drug-likeness (QED) is 0.804. The number of benzene rings is 1. The van der Waals surface area contributed by atoms with E-state index in [1.165, 1.54) is 12.5 Å². The molecular weight excluding hydrogens is 388 g/mol. The van der Waals surface area contributed by atoms with E-state index in [-0.39, 0.29) is 11.8 Å². The number of nitrogens with one attached hydrogen (secondary N) is 1. The molecule has 3 rings (SSSR count). The van der Waals surface area contributed by atoms with Crippen LogP contribution in [0.1, 0.15) is 51.0 Å². The van der Waals surface area contributed by atoms with Gasteiger partial charge in [0.15, 0.2) is 0 Å². The molecule has 1 saturated heterocycles. The van der Waals surface area contributed by atoms with E-state index >= 15 is 0 Å². The van der Waals surface area contributed by atoms with Gasteiger partial charge in [0.25, 0.3) is 5.91 Å². The molecule has 158 valence electrons. The lowest BCUT2D eigenvalue weighted by Crippen LogP contribution is -2.41. The maximum absolute atomic E-state index is 13.1. The first-order valence-electron chi connectivity index (χ1n) is 10.0. The minimum absolute atomic E-state index is 0.0327. The van der Waals surface area contributed by atoms with Gasteiger partial charge in [-0.25, -0.2) is 13.1 Å². The second-order valence-electron chi connectivity index (χ2n) is 8.05. The van der Waals surface area contributed by atoms with Crippen LogP contribution in [0.2, 0.25) is 0 Å². The van der Waals surface area contributed by atoms with Gasteiger partial charge in [-0.2, -0.15) is 0 Å². The zero-order chi connectivity index (χ0) is 21.3. The summed E-state index contributed by atoms with van der Waals surface area (Å²) in [4.78, 5) is 14.6. The van der Waals surface area contributed by atoms with Crippen molar-refractivity contribution in [3.63, 3.8) is 0 Å². The number of carbonyl (C=O) groups is 1. The molecule has 29 heavy (non-hydrogen) atoms. The van der Waals surface area contributed by atoms with Crippen molar-refractivity contribution in [1.82, 2.24) is 9.62 Å².